The molecule has 0 saturated carbocycles. The third kappa shape index (κ3) is 4.02. The molecule has 26 heavy (non-hydrogen) atoms. The Balaban J connectivity index is 0.000000758. The molecular formula is C24H26O2. The summed E-state index contributed by atoms with van der Waals surface area (Å²) in [6, 6.07) is 15.6. The number of hydrogen-bond acceptors (Lipinski definition) is 2. The Labute approximate surface area is 156 Å². The lowest BCUT2D eigenvalue weighted by Gasteiger charge is -2.06. The second-order valence-electron chi connectivity index (χ2n) is 6.21. The molecule has 0 aromatic heterocycles. The lowest BCUT2D eigenvalue weighted by Crippen LogP contribution is -2.00. The molecular weight excluding hydrogens is 320 g/mol. The van der Waals surface area contributed by atoms with Crippen molar-refractivity contribution in [2.24, 2.45) is 0 Å². The average Bonchev–Trinajstić information content (AvgIpc) is 2.94. The maximum absolute atomic E-state index is 12.7. The van der Waals surface area contributed by atoms with E-state index in [0.29, 0.717) is 22.5 Å². The normalized spacial score (nSPS) is 12.7. The molecule has 0 heterocycles. The van der Waals surface area contributed by atoms with Gasteiger partial charge in [-0.05, 0) is 23.6 Å². The van der Waals surface area contributed by atoms with E-state index in [1.807, 2.05) is 54.6 Å². The van der Waals surface area contributed by atoms with Crippen LogP contribution in [0.25, 0.3) is 11.8 Å². The van der Waals surface area contributed by atoms with E-state index in [-0.39, 0.29) is 5.78 Å². The molecule has 2 nitrogen and oxygen atoms in total. The van der Waals surface area contributed by atoms with Gasteiger partial charge in [-0.25, -0.2) is 0 Å². The minimum absolute atomic E-state index is 0.0307. The SMILES string of the molecule is C=C(/C=C\c1ccccc1C)C1=C(OC)c2ccccc2C1=O.CCC. The van der Waals surface area contributed by atoms with E-state index < -0.39 is 0 Å². The van der Waals surface area contributed by atoms with Crippen molar-refractivity contribution in [1.29, 1.82) is 0 Å². The van der Waals surface area contributed by atoms with Crippen LogP contribution < -0.4 is 0 Å². The molecule has 0 unspecified atom stereocenters. The summed E-state index contributed by atoms with van der Waals surface area (Å²) in [6.07, 6.45) is 5.11. The highest BCUT2D eigenvalue weighted by Gasteiger charge is 2.31. The maximum Gasteiger partial charge on any atom is 0.198 e. The van der Waals surface area contributed by atoms with E-state index in [9.17, 15) is 4.79 Å². The largest absolute Gasteiger partial charge is 0.495 e. The fourth-order valence-electron chi connectivity index (χ4n) is 2.80. The summed E-state index contributed by atoms with van der Waals surface area (Å²) in [6.45, 7) is 10.4. The number of allylic oxidation sites excluding steroid dienone is 3. The Morgan fingerprint density at radius 3 is 2.23 bits per heavy atom. The zero-order valence-corrected chi connectivity index (χ0v) is 16.0. The van der Waals surface area contributed by atoms with E-state index in [1.165, 1.54) is 12.0 Å². The standard InChI is InChI=1S/C21H18O2.C3H8/c1-14-8-4-5-9-16(14)13-12-15(2)19-20(22)17-10-6-7-11-18(17)21(19)23-3;1-3-2/h4-13H,2H2,1,3H3;3H2,1-2H3/b13-12-;. The van der Waals surface area contributed by atoms with Gasteiger partial charge in [0.2, 0.25) is 0 Å². The molecule has 0 fully saturated rings. The summed E-state index contributed by atoms with van der Waals surface area (Å²) in [7, 11) is 1.59. The molecule has 2 aromatic carbocycles. The summed E-state index contributed by atoms with van der Waals surface area (Å²) in [5, 5.41) is 0. The van der Waals surface area contributed by atoms with Gasteiger partial charge in [0.1, 0.15) is 5.76 Å². The Bertz CT molecular complexity index is 869. The first-order chi connectivity index (χ1) is 12.5. The van der Waals surface area contributed by atoms with Crippen molar-refractivity contribution >= 4 is 17.6 Å². The summed E-state index contributed by atoms with van der Waals surface area (Å²) < 4.78 is 5.48. The molecule has 1 aliphatic rings. The highest BCUT2D eigenvalue weighted by molar-refractivity contribution is 6.22. The van der Waals surface area contributed by atoms with Crippen LogP contribution in [0.1, 0.15) is 47.3 Å². The number of rotatable bonds is 4. The Morgan fingerprint density at radius 2 is 1.62 bits per heavy atom. The van der Waals surface area contributed by atoms with Gasteiger partial charge in [-0.3, -0.25) is 4.79 Å². The van der Waals surface area contributed by atoms with E-state index in [0.717, 1.165) is 11.1 Å². The molecule has 134 valence electrons. The van der Waals surface area contributed by atoms with Crippen LogP contribution in [0, 0.1) is 6.92 Å². The first-order valence-corrected chi connectivity index (χ1v) is 8.90. The maximum atomic E-state index is 12.7. The first kappa shape index (κ1) is 19.5. The highest BCUT2D eigenvalue weighted by atomic mass is 16.5. The smallest absolute Gasteiger partial charge is 0.198 e. The Hall–Kier alpha value is -2.87. The molecule has 2 aromatic rings. The van der Waals surface area contributed by atoms with Crippen LogP contribution in [0.2, 0.25) is 0 Å². The Kier molecular flexibility index (Phi) is 6.74. The fourth-order valence-corrected chi connectivity index (χ4v) is 2.80. The lowest BCUT2D eigenvalue weighted by atomic mass is 10.0. The van der Waals surface area contributed by atoms with Crippen molar-refractivity contribution in [3.63, 3.8) is 0 Å². The topological polar surface area (TPSA) is 26.3 Å². The fraction of sp³-hybridized carbons (Fsp3) is 0.208. The zero-order valence-electron chi connectivity index (χ0n) is 16.0. The molecule has 0 amide bonds. The number of benzene rings is 2. The number of Topliss-reactive ketones (excluding diaryl/α,β-unsaturated/α-hetero) is 1. The van der Waals surface area contributed by atoms with Crippen molar-refractivity contribution in [2.75, 3.05) is 7.11 Å². The summed E-state index contributed by atoms with van der Waals surface area (Å²) in [4.78, 5) is 12.7. The molecule has 0 atom stereocenters. The molecule has 1 aliphatic carbocycles. The van der Waals surface area contributed by atoms with Gasteiger partial charge in [0.15, 0.2) is 5.78 Å². The van der Waals surface area contributed by atoms with E-state index >= 15 is 0 Å². The second-order valence-corrected chi connectivity index (χ2v) is 6.21. The van der Waals surface area contributed by atoms with Gasteiger partial charge in [-0.15, -0.1) is 0 Å². The van der Waals surface area contributed by atoms with E-state index in [4.69, 9.17) is 4.74 Å². The minimum atomic E-state index is -0.0307. The molecule has 2 heteroatoms. The van der Waals surface area contributed by atoms with Crippen LogP contribution in [0.5, 0.6) is 0 Å². The van der Waals surface area contributed by atoms with Gasteiger partial charge in [-0.1, -0.05) is 87.5 Å². The van der Waals surface area contributed by atoms with Crippen LogP contribution in [0.15, 0.2) is 72.3 Å². The number of aryl methyl sites for hydroxylation is 1. The number of hydrogen-bond donors (Lipinski definition) is 0. The third-order valence-corrected chi connectivity index (χ3v) is 4.05. The number of ketones is 1. The van der Waals surface area contributed by atoms with Crippen molar-refractivity contribution < 1.29 is 9.53 Å². The second kappa shape index (κ2) is 9.00. The predicted molar refractivity (Wildman–Crippen MR) is 110 cm³/mol. The molecule has 0 N–H and O–H groups in total. The zero-order chi connectivity index (χ0) is 19.1. The van der Waals surface area contributed by atoms with Gasteiger partial charge in [0, 0.05) is 11.1 Å². The van der Waals surface area contributed by atoms with Crippen molar-refractivity contribution in [1.82, 2.24) is 0 Å². The van der Waals surface area contributed by atoms with E-state index in [1.54, 1.807) is 7.11 Å². The molecule has 0 radical (unpaired) electrons. The quantitative estimate of drug-likeness (QED) is 0.613. The summed E-state index contributed by atoms with van der Waals surface area (Å²) in [5.41, 5.74) is 4.99. The minimum Gasteiger partial charge on any atom is -0.495 e. The van der Waals surface area contributed by atoms with Crippen LogP contribution in [-0.4, -0.2) is 12.9 Å². The highest BCUT2D eigenvalue weighted by Crippen LogP contribution is 2.36. The van der Waals surface area contributed by atoms with Crippen LogP contribution >= 0.6 is 0 Å². The average molecular weight is 346 g/mol. The summed E-state index contributed by atoms with van der Waals surface area (Å²) >= 11 is 0. The van der Waals surface area contributed by atoms with Crippen molar-refractivity contribution in [3.8, 4) is 0 Å². The van der Waals surface area contributed by atoms with Crippen LogP contribution in [0.4, 0.5) is 0 Å². The van der Waals surface area contributed by atoms with Gasteiger partial charge in [0.05, 0.1) is 12.7 Å². The first-order valence-electron chi connectivity index (χ1n) is 8.90. The molecule has 0 spiro atoms. The number of ether oxygens (including phenoxy) is 1. The van der Waals surface area contributed by atoms with Gasteiger partial charge in [-0.2, -0.15) is 0 Å². The molecule has 3 rings (SSSR count). The van der Waals surface area contributed by atoms with Crippen LogP contribution in [-0.2, 0) is 4.74 Å². The van der Waals surface area contributed by atoms with Crippen LogP contribution in [0.3, 0.4) is 0 Å². The van der Waals surface area contributed by atoms with Gasteiger partial charge >= 0.3 is 0 Å². The number of carbonyl (C=O) groups excluding carboxylic acids is 1. The summed E-state index contributed by atoms with van der Waals surface area (Å²) in [5.74, 6) is 0.571. The number of methoxy groups -OCH3 is 1. The number of carbonyl (C=O) groups is 1. The monoisotopic (exact) mass is 346 g/mol. The van der Waals surface area contributed by atoms with Crippen molar-refractivity contribution in [2.45, 2.75) is 27.2 Å². The third-order valence-electron chi connectivity index (χ3n) is 4.05. The van der Waals surface area contributed by atoms with Gasteiger partial charge in [0.25, 0.3) is 0 Å². The molecule has 0 bridgehead atoms. The Morgan fingerprint density at radius 1 is 1.04 bits per heavy atom. The lowest BCUT2D eigenvalue weighted by molar-refractivity contribution is 0.104. The molecule has 0 aliphatic heterocycles. The predicted octanol–water partition coefficient (Wildman–Crippen LogP) is 6.23. The number of fused-ring (bicyclic) bond motifs is 1. The molecule has 0 saturated heterocycles. The van der Waals surface area contributed by atoms with E-state index in [2.05, 4.69) is 33.4 Å². The van der Waals surface area contributed by atoms with Crippen molar-refractivity contribution in [3.05, 3.63) is 94.6 Å². The van der Waals surface area contributed by atoms with Gasteiger partial charge < -0.3 is 4.74 Å².